The molecule has 0 saturated carbocycles. The molecular formula is C16H25ClN2OS. The Morgan fingerprint density at radius 2 is 1.95 bits per heavy atom. The molecule has 0 spiro atoms. The van der Waals surface area contributed by atoms with Gasteiger partial charge in [0.1, 0.15) is 0 Å². The van der Waals surface area contributed by atoms with E-state index in [1.807, 2.05) is 23.9 Å². The second kappa shape index (κ2) is 8.06. The van der Waals surface area contributed by atoms with E-state index in [-0.39, 0.29) is 23.1 Å². The van der Waals surface area contributed by atoms with Crippen molar-refractivity contribution in [3.8, 4) is 0 Å². The quantitative estimate of drug-likeness (QED) is 0.841. The summed E-state index contributed by atoms with van der Waals surface area (Å²) in [4.78, 5) is 12.3. The van der Waals surface area contributed by atoms with Crippen molar-refractivity contribution in [2.45, 2.75) is 44.5 Å². The Labute approximate surface area is 138 Å². The molecule has 1 heterocycles. The number of hydrogen-bond donors (Lipinski definition) is 2. The Balaban J connectivity index is 0.00000220. The van der Waals surface area contributed by atoms with Gasteiger partial charge in [-0.15, -0.1) is 12.4 Å². The first-order valence-electron chi connectivity index (χ1n) is 7.30. The standard InChI is InChI=1S/C16H24N2OS.ClH/c1-4-16(5-2,20-3)11-18-15(19)12-6-7-13-9-17-10-14(13)8-12;/h6-8,17H,4-5,9-11H2,1-3H3,(H,18,19);1H. The maximum atomic E-state index is 12.3. The van der Waals surface area contributed by atoms with Crippen molar-refractivity contribution < 1.29 is 4.79 Å². The molecule has 3 nitrogen and oxygen atoms in total. The molecule has 1 amide bonds. The van der Waals surface area contributed by atoms with Crippen LogP contribution in [0.2, 0.25) is 0 Å². The maximum absolute atomic E-state index is 12.3. The second-order valence-corrected chi connectivity index (χ2v) is 6.64. The lowest BCUT2D eigenvalue weighted by atomic mass is 10.0. The molecule has 0 radical (unpaired) electrons. The van der Waals surface area contributed by atoms with E-state index in [9.17, 15) is 4.79 Å². The zero-order chi connectivity index (χ0) is 14.6. The lowest BCUT2D eigenvalue weighted by molar-refractivity contribution is 0.0949. The predicted octanol–water partition coefficient (Wildman–Crippen LogP) is 3.36. The van der Waals surface area contributed by atoms with Gasteiger partial charge in [-0.1, -0.05) is 19.9 Å². The number of hydrogen-bond acceptors (Lipinski definition) is 3. The third kappa shape index (κ3) is 4.15. The molecule has 21 heavy (non-hydrogen) atoms. The number of nitrogens with one attached hydrogen (secondary N) is 2. The van der Waals surface area contributed by atoms with Crippen LogP contribution in [0, 0.1) is 0 Å². The highest BCUT2D eigenvalue weighted by Crippen LogP contribution is 2.29. The van der Waals surface area contributed by atoms with E-state index in [2.05, 4.69) is 36.8 Å². The van der Waals surface area contributed by atoms with Gasteiger partial charge in [-0.2, -0.15) is 11.8 Å². The molecule has 0 aromatic heterocycles. The lowest BCUT2D eigenvalue weighted by Gasteiger charge is -2.29. The Morgan fingerprint density at radius 3 is 2.57 bits per heavy atom. The highest BCUT2D eigenvalue weighted by atomic mass is 35.5. The summed E-state index contributed by atoms with van der Waals surface area (Å²) in [7, 11) is 0. The van der Waals surface area contributed by atoms with E-state index in [0.717, 1.165) is 38.0 Å². The molecule has 1 aliphatic rings. The summed E-state index contributed by atoms with van der Waals surface area (Å²) in [6.45, 7) is 6.89. The van der Waals surface area contributed by atoms with Crippen LogP contribution in [-0.4, -0.2) is 23.5 Å². The number of halogens is 1. The van der Waals surface area contributed by atoms with Crippen LogP contribution in [0.1, 0.15) is 48.2 Å². The molecule has 1 aliphatic heterocycles. The van der Waals surface area contributed by atoms with Gasteiger partial charge in [-0.3, -0.25) is 4.79 Å². The highest BCUT2D eigenvalue weighted by Gasteiger charge is 2.25. The second-order valence-electron chi connectivity index (χ2n) is 5.36. The van der Waals surface area contributed by atoms with Crippen molar-refractivity contribution >= 4 is 30.1 Å². The van der Waals surface area contributed by atoms with Crippen molar-refractivity contribution in [1.82, 2.24) is 10.6 Å². The van der Waals surface area contributed by atoms with Gasteiger partial charge in [0.2, 0.25) is 0 Å². The highest BCUT2D eigenvalue weighted by molar-refractivity contribution is 8.00. The molecule has 1 aromatic carbocycles. The number of amides is 1. The number of fused-ring (bicyclic) bond motifs is 1. The first-order valence-corrected chi connectivity index (χ1v) is 8.52. The smallest absolute Gasteiger partial charge is 0.251 e. The Kier molecular flexibility index (Phi) is 7.04. The fraction of sp³-hybridized carbons (Fsp3) is 0.562. The molecule has 0 saturated heterocycles. The third-order valence-corrected chi connectivity index (χ3v) is 5.98. The van der Waals surface area contributed by atoms with Gasteiger partial charge >= 0.3 is 0 Å². The predicted molar refractivity (Wildman–Crippen MR) is 93.4 cm³/mol. The van der Waals surface area contributed by atoms with Crippen molar-refractivity contribution in [3.05, 3.63) is 34.9 Å². The number of carbonyl (C=O) groups excluding carboxylic acids is 1. The fourth-order valence-corrected chi connectivity index (χ4v) is 3.43. The van der Waals surface area contributed by atoms with E-state index in [4.69, 9.17) is 0 Å². The van der Waals surface area contributed by atoms with Crippen molar-refractivity contribution in [1.29, 1.82) is 0 Å². The largest absolute Gasteiger partial charge is 0.351 e. The average molecular weight is 329 g/mol. The van der Waals surface area contributed by atoms with Gasteiger partial charge in [0.05, 0.1) is 0 Å². The molecule has 0 unspecified atom stereocenters. The van der Waals surface area contributed by atoms with Gasteiger partial charge < -0.3 is 10.6 Å². The van der Waals surface area contributed by atoms with Gasteiger partial charge in [-0.05, 0) is 42.4 Å². The van der Waals surface area contributed by atoms with E-state index in [1.54, 1.807) is 0 Å². The number of rotatable bonds is 6. The van der Waals surface area contributed by atoms with Gasteiger partial charge in [-0.25, -0.2) is 0 Å². The minimum atomic E-state index is 0. The summed E-state index contributed by atoms with van der Waals surface area (Å²) in [5, 5.41) is 6.41. The monoisotopic (exact) mass is 328 g/mol. The first kappa shape index (κ1) is 18.3. The van der Waals surface area contributed by atoms with E-state index in [1.165, 1.54) is 11.1 Å². The minimum Gasteiger partial charge on any atom is -0.351 e. The van der Waals surface area contributed by atoms with Crippen LogP contribution in [0.25, 0.3) is 0 Å². The Hall–Kier alpha value is -0.710. The number of carbonyl (C=O) groups is 1. The third-order valence-electron chi connectivity index (χ3n) is 4.39. The van der Waals surface area contributed by atoms with Crippen LogP contribution in [-0.2, 0) is 13.1 Å². The molecule has 0 atom stereocenters. The van der Waals surface area contributed by atoms with Crippen molar-refractivity contribution in [3.63, 3.8) is 0 Å². The lowest BCUT2D eigenvalue weighted by Crippen LogP contribution is -2.39. The average Bonchev–Trinajstić information content (AvgIpc) is 2.96. The zero-order valence-electron chi connectivity index (χ0n) is 13.0. The fourth-order valence-electron chi connectivity index (χ4n) is 2.64. The van der Waals surface area contributed by atoms with Crippen LogP contribution < -0.4 is 10.6 Å². The van der Waals surface area contributed by atoms with Crippen molar-refractivity contribution in [2.24, 2.45) is 0 Å². The Bertz CT molecular complexity index is 481. The zero-order valence-corrected chi connectivity index (χ0v) is 14.6. The summed E-state index contributed by atoms with van der Waals surface area (Å²) >= 11 is 1.85. The first-order chi connectivity index (χ1) is 9.64. The van der Waals surface area contributed by atoms with E-state index in [0.29, 0.717) is 0 Å². The van der Waals surface area contributed by atoms with E-state index < -0.39 is 0 Å². The molecular weight excluding hydrogens is 304 g/mol. The molecule has 118 valence electrons. The number of thioether (sulfide) groups is 1. The van der Waals surface area contributed by atoms with Crippen LogP contribution in [0.3, 0.4) is 0 Å². The van der Waals surface area contributed by atoms with Crippen LogP contribution in [0.5, 0.6) is 0 Å². The van der Waals surface area contributed by atoms with Gasteiger partial charge in [0.25, 0.3) is 5.91 Å². The summed E-state index contributed by atoms with van der Waals surface area (Å²) in [6.07, 6.45) is 4.26. The topological polar surface area (TPSA) is 41.1 Å². The summed E-state index contributed by atoms with van der Waals surface area (Å²) in [5.41, 5.74) is 3.33. The van der Waals surface area contributed by atoms with Gasteiger partial charge in [0, 0.05) is 29.9 Å². The van der Waals surface area contributed by atoms with Gasteiger partial charge in [0.15, 0.2) is 0 Å². The molecule has 0 aliphatic carbocycles. The maximum Gasteiger partial charge on any atom is 0.251 e. The van der Waals surface area contributed by atoms with Crippen molar-refractivity contribution in [2.75, 3.05) is 12.8 Å². The minimum absolute atomic E-state index is 0. The molecule has 2 N–H and O–H groups in total. The van der Waals surface area contributed by atoms with E-state index >= 15 is 0 Å². The molecule has 2 rings (SSSR count). The molecule has 0 fully saturated rings. The summed E-state index contributed by atoms with van der Waals surface area (Å²) < 4.78 is 0.161. The molecule has 5 heteroatoms. The summed E-state index contributed by atoms with van der Waals surface area (Å²) in [5.74, 6) is 0.0417. The molecule has 0 bridgehead atoms. The molecule has 1 aromatic rings. The van der Waals surface area contributed by atoms with Crippen LogP contribution in [0.4, 0.5) is 0 Å². The number of benzene rings is 1. The SMILES string of the molecule is CCC(CC)(CNC(=O)c1ccc2c(c1)CNC2)SC.Cl. The summed E-state index contributed by atoms with van der Waals surface area (Å²) in [6, 6.07) is 6.01. The van der Waals surface area contributed by atoms with Crippen LogP contribution in [0.15, 0.2) is 18.2 Å². The van der Waals surface area contributed by atoms with Crippen LogP contribution >= 0.6 is 24.2 Å². The normalized spacial score (nSPS) is 13.5. The Morgan fingerprint density at radius 1 is 1.29 bits per heavy atom.